The number of hydrogen-bond donors (Lipinski definition) is 3. The van der Waals surface area contributed by atoms with Gasteiger partial charge in [0.15, 0.2) is 0 Å². The number of carboxylic acid groups (broad SMARTS) is 1. The van der Waals surface area contributed by atoms with Crippen LogP contribution >= 0.6 is 11.8 Å². The maximum absolute atomic E-state index is 11.6. The zero-order chi connectivity index (χ0) is 15.0. The van der Waals surface area contributed by atoms with E-state index in [1.54, 1.807) is 23.9 Å². The highest BCUT2D eigenvalue weighted by Gasteiger charge is 2.07. The Morgan fingerprint density at radius 2 is 1.95 bits per heavy atom. The van der Waals surface area contributed by atoms with Crippen molar-refractivity contribution in [2.24, 2.45) is 0 Å². The first-order chi connectivity index (χ1) is 9.52. The molecule has 0 aliphatic heterocycles. The Balaban J connectivity index is 2.35. The minimum atomic E-state index is -0.954. The highest BCUT2D eigenvalue weighted by atomic mass is 32.2. The third-order valence-corrected chi connectivity index (χ3v) is 3.75. The predicted octanol–water partition coefficient (Wildman–Crippen LogP) is 2.33. The normalized spacial score (nSPS) is 11.7. The van der Waals surface area contributed by atoms with Crippen molar-refractivity contribution in [3.63, 3.8) is 0 Å². The van der Waals surface area contributed by atoms with Gasteiger partial charge in [0, 0.05) is 18.3 Å². The third kappa shape index (κ3) is 5.97. The van der Waals surface area contributed by atoms with Gasteiger partial charge >= 0.3 is 12.0 Å². The molecule has 110 valence electrons. The molecule has 20 heavy (non-hydrogen) atoms. The summed E-state index contributed by atoms with van der Waals surface area (Å²) in [6, 6.07) is 6.35. The van der Waals surface area contributed by atoms with Gasteiger partial charge in [-0.1, -0.05) is 19.1 Å². The number of hydrogen-bond acceptors (Lipinski definition) is 3. The molecule has 5 nitrogen and oxygen atoms in total. The van der Waals surface area contributed by atoms with E-state index in [1.807, 2.05) is 6.92 Å². The molecule has 6 heteroatoms. The average molecular weight is 296 g/mol. The van der Waals surface area contributed by atoms with Gasteiger partial charge in [0.1, 0.15) is 0 Å². The van der Waals surface area contributed by atoms with Crippen LogP contribution in [0.2, 0.25) is 0 Å². The molecule has 3 N–H and O–H groups in total. The molecular weight excluding hydrogens is 276 g/mol. The molecule has 0 aliphatic carbocycles. The van der Waals surface area contributed by atoms with Crippen LogP contribution in [-0.4, -0.2) is 34.7 Å². The summed E-state index contributed by atoms with van der Waals surface area (Å²) in [6.45, 7) is 4.42. The molecule has 0 aliphatic rings. The molecule has 0 saturated heterocycles. The Morgan fingerprint density at radius 3 is 2.50 bits per heavy atom. The van der Waals surface area contributed by atoms with Gasteiger partial charge in [-0.05, 0) is 30.4 Å². The number of carboxylic acids is 1. The van der Waals surface area contributed by atoms with Crippen LogP contribution in [0.3, 0.4) is 0 Å². The highest BCUT2D eigenvalue weighted by Crippen LogP contribution is 2.04. The number of carbonyl (C=O) groups excluding carboxylic acids is 1. The summed E-state index contributed by atoms with van der Waals surface area (Å²) < 4.78 is 0. The van der Waals surface area contributed by atoms with Crippen LogP contribution in [0.25, 0.3) is 0 Å². The highest BCUT2D eigenvalue weighted by molar-refractivity contribution is 7.99. The standard InChI is InChI=1S/C14H20N2O3S/c1-3-20-9-10(2)16-14(19)15-8-11-4-6-12(7-5-11)13(17)18/h4-7,10H,3,8-9H2,1-2H3,(H,17,18)(H2,15,16,19). The van der Waals surface area contributed by atoms with Crippen LogP contribution in [0.1, 0.15) is 29.8 Å². The van der Waals surface area contributed by atoms with E-state index < -0.39 is 5.97 Å². The number of thioether (sulfide) groups is 1. The first-order valence-corrected chi connectivity index (χ1v) is 7.62. The molecule has 1 rings (SSSR count). The molecule has 1 atom stereocenters. The molecule has 0 saturated carbocycles. The second kappa shape index (κ2) is 8.47. The Bertz CT molecular complexity index is 448. The number of rotatable bonds is 7. The van der Waals surface area contributed by atoms with Crippen LogP contribution in [0.15, 0.2) is 24.3 Å². The Hall–Kier alpha value is -1.69. The fraction of sp³-hybridized carbons (Fsp3) is 0.429. The lowest BCUT2D eigenvalue weighted by molar-refractivity contribution is 0.0697. The maximum Gasteiger partial charge on any atom is 0.335 e. The van der Waals surface area contributed by atoms with Crippen LogP contribution < -0.4 is 10.6 Å². The molecule has 0 bridgehead atoms. The van der Waals surface area contributed by atoms with Gasteiger partial charge in [-0.2, -0.15) is 11.8 Å². The van der Waals surface area contributed by atoms with E-state index in [0.717, 1.165) is 17.1 Å². The smallest absolute Gasteiger partial charge is 0.335 e. The number of urea groups is 1. The molecule has 1 aromatic rings. The summed E-state index contributed by atoms with van der Waals surface area (Å²) in [4.78, 5) is 22.3. The van der Waals surface area contributed by atoms with Crippen molar-refractivity contribution in [1.82, 2.24) is 10.6 Å². The molecule has 0 radical (unpaired) electrons. The zero-order valence-electron chi connectivity index (χ0n) is 11.7. The lowest BCUT2D eigenvalue weighted by Gasteiger charge is -2.14. The summed E-state index contributed by atoms with van der Waals surface area (Å²) in [5, 5.41) is 14.4. The van der Waals surface area contributed by atoms with E-state index >= 15 is 0 Å². The van der Waals surface area contributed by atoms with E-state index in [1.165, 1.54) is 12.1 Å². The maximum atomic E-state index is 11.6. The van der Waals surface area contributed by atoms with E-state index in [4.69, 9.17) is 5.11 Å². The molecule has 2 amide bonds. The quantitative estimate of drug-likeness (QED) is 0.721. The van der Waals surface area contributed by atoms with Crippen molar-refractivity contribution >= 4 is 23.8 Å². The Kier molecular flexibility index (Phi) is 6.93. The number of amides is 2. The van der Waals surface area contributed by atoms with Gasteiger partial charge in [0.2, 0.25) is 0 Å². The van der Waals surface area contributed by atoms with Crippen LogP contribution in [0.5, 0.6) is 0 Å². The molecule has 0 aromatic heterocycles. The minimum absolute atomic E-state index is 0.120. The largest absolute Gasteiger partial charge is 0.478 e. The predicted molar refractivity (Wildman–Crippen MR) is 81.2 cm³/mol. The Morgan fingerprint density at radius 1 is 1.30 bits per heavy atom. The summed E-state index contributed by atoms with van der Waals surface area (Å²) >= 11 is 1.78. The molecular formula is C14H20N2O3S. The van der Waals surface area contributed by atoms with Crippen LogP contribution in [-0.2, 0) is 6.54 Å². The number of carbonyl (C=O) groups is 2. The summed E-state index contributed by atoms with van der Waals surface area (Å²) in [7, 11) is 0. The fourth-order valence-electron chi connectivity index (χ4n) is 1.56. The lowest BCUT2D eigenvalue weighted by Crippen LogP contribution is -2.41. The average Bonchev–Trinajstić information content (AvgIpc) is 2.43. The number of benzene rings is 1. The van der Waals surface area contributed by atoms with Crippen molar-refractivity contribution in [2.75, 3.05) is 11.5 Å². The van der Waals surface area contributed by atoms with Crippen LogP contribution in [0, 0.1) is 0 Å². The molecule has 1 aromatic carbocycles. The molecule has 0 fully saturated rings. The monoisotopic (exact) mass is 296 g/mol. The van der Waals surface area contributed by atoms with Gasteiger partial charge in [-0.15, -0.1) is 0 Å². The Labute approximate surface area is 123 Å². The first-order valence-electron chi connectivity index (χ1n) is 6.47. The summed E-state index contributed by atoms with van der Waals surface area (Å²) in [5.74, 6) is 0.963. The second-order valence-corrected chi connectivity index (χ2v) is 5.71. The van der Waals surface area contributed by atoms with Crippen molar-refractivity contribution in [3.8, 4) is 0 Å². The van der Waals surface area contributed by atoms with Gasteiger partial charge in [-0.25, -0.2) is 9.59 Å². The first kappa shape index (κ1) is 16.4. The van der Waals surface area contributed by atoms with E-state index in [2.05, 4.69) is 17.6 Å². The van der Waals surface area contributed by atoms with Crippen LogP contribution in [0.4, 0.5) is 4.79 Å². The molecule has 0 spiro atoms. The lowest BCUT2D eigenvalue weighted by atomic mass is 10.1. The summed E-state index contributed by atoms with van der Waals surface area (Å²) in [5.41, 5.74) is 1.10. The number of nitrogens with one attached hydrogen (secondary N) is 2. The van der Waals surface area contributed by atoms with Crippen molar-refractivity contribution < 1.29 is 14.7 Å². The molecule has 1 unspecified atom stereocenters. The zero-order valence-corrected chi connectivity index (χ0v) is 12.5. The van der Waals surface area contributed by atoms with E-state index in [9.17, 15) is 9.59 Å². The van der Waals surface area contributed by atoms with E-state index in [-0.39, 0.29) is 17.6 Å². The van der Waals surface area contributed by atoms with Gasteiger partial charge in [0.25, 0.3) is 0 Å². The van der Waals surface area contributed by atoms with Crippen molar-refractivity contribution in [2.45, 2.75) is 26.4 Å². The van der Waals surface area contributed by atoms with Gasteiger partial charge < -0.3 is 15.7 Å². The van der Waals surface area contributed by atoms with E-state index in [0.29, 0.717) is 6.54 Å². The third-order valence-electron chi connectivity index (χ3n) is 2.60. The molecule has 0 heterocycles. The van der Waals surface area contributed by atoms with Gasteiger partial charge in [-0.3, -0.25) is 0 Å². The SMILES string of the molecule is CCSCC(C)NC(=O)NCc1ccc(C(=O)O)cc1. The van der Waals surface area contributed by atoms with Crippen molar-refractivity contribution in [1.29, 1.82) is 0 Å². The second-order valence-electron chi connectivity index (χ2n) is 4.39. The van der Waals surface area contributed by atoms with Gasteiger partial charge in [0.05, 0.1) is 5.56 Å². The topological polar surface area (TPSA) is 78.4 Å². The fourth-order valence-corrected chi connectivity index (χ4v) is 2.23. The minimum Gasteiger partial charge on any atom is -0.478 e. The van der Waals surface area contributed by atoms with Crippen molar-refractivity contribution in [3.05, 3.63) is 35.4 Å². The number of aromatic carboxylic acids is 1. The summed E-state index contributed by atoms with van der Waals surface area (Å²) in [6.07, 6.45) is 0.